The van der Waals surface area contributed by atoms with Crippen LogP contribution >= 0.6 is 11.6 Å². The SMILES string of the molecule is CNC(=O)c1cc(NC=O)ccc1Cl. The molecule has 0 heterocycles. The van der Waals surface area contributed by atoms with Crippen molar-refractivity contribution in [2.24, 2.45) is 0 Å². The predicted octanol–water partition coefficient (Wildman–Crippen LogP) is 1.27. The summed E-state index contributed by atoms with van der Waals surface area (Å²) in [7, 11) is 1.51. The molecule has 0 spiro atoms. The summed E-state index contributed by atoms with van der Waals surface area (Å²) < 4.78 is 0. The lowest BCUT2D eigenvalue weighted by atomic mass is 10.2. The molecule has 0 bridgehead atoms. The summed E-state index contributed by atoms with van der Waals surface area (Å²) in [6, 6.07) is 4.68. The molecule has 0 saturated heterocycles. The second-order valence-corrected chi connectivity index (χ2v) is 2.94. The van der Waals surface area contributed by atoms with E-state index in [0.29, 0.717) is 22.7 Å². The summed E-state index contributed by atoms with van der Waals surface area (Å²) in [5.41, 5.74) is 0.865. The number of nitrogens with one attached hydrogen (secondary N) is 2. The number of rotatable bonds is 3. The zero-order valence-electron chi connectivity index (χ0n) is 7.50. The number of carbonyl (C=O) groups excluding carboxylic acids is 2. The van der Waals surface area contributed by atoms with Gasteiger partial charge in [-0.05, 0) is 18.2 Å². The van der Waals surface area contributed by atoms with Crippen LogP contribution in [-0.2, 0) is 4.79 Å². The number of hydrogen-bond acceptors (Lipinski definition) is 2. The van der Waals surface area contributed by atoms with E-state index in [1.807, 2.05) is 0 Å². The molecular formula is C9H9ClN2O2. The molecule has 1 rings (SSSR count). The Labute approximate surface area is 86.3 Å². The molecule has 5 heteroatoms. The maximum atomic E-state index is 11.3. The molecule has 1 aromatic carbocycles. The summed E-state index contributed by atoms with van der Waals surface area (Å²) in [6.07, 6.45) is 0.539. The molecule has 0 fully saturated rings. The number of anilines is 1. The summed E-state index contributed by atoms with van der Waals surface area (Å²) in [4.78, 5) is 21.4. The van der Waals surface area contributed by atoms with Crippen LogP contribution in [0.15, 0.2) is 18.2 Å². The Bertz CT molecular complexity index is 366. The Hall–Kier alpha value is -1.55. The fourth-order valence-corrected chi connectivity index (χ4v) is 1.20. The van der Waals surface area contributed by atoms with Gasteiger partial charge >= 0.3 is 0 Å². The zero-order chi connectivity index (χ0) is 10.6. The first-order valence-corrected chi connectivity index (χ1v) is 4.28. The van der Waals surface area contributed by atoms with E-state index in [1.54, 1.807) is 12.1 Å². The summed E-state index contributed by atoms with van der Waals surface area (Å²) in [5.74, 6) is -0.287. The first kappa shape index (κ1) is 10.5. The first-order chi connectivity index (χ1) is 6.69. The van der Waals surface area contributed by atoms with Crippen LogP contribution in [0.4, 0.5) is 5.69 Å². The Kier molecular flexibility index (Phi) is 3.48. The van der Waals surface area contributed by atoms with Crippen LogP contribution in [0.1, 0.15) is 10.4 Å². The normalized spacial score (nSPS) is 9.29. The fourth-order valence-electron chi connectivity index (χ4n) is 0.992. The maximum absolute atomic E-state index is 11.3. The van der Waals surface area contributed by atoms with Crippen molar-refractivity contribution in [2.45, 2.75) is 0 Å². The molecule has 0 aliphatic carbocycles. The van der Waals surface area contributed by atoms with Crippen LogP contribution in [0.5, 0.6) is 0 Å². The van der Waals surface area contributed by atoms with Crippen LogP contribution in [-0.4, -0.2) is 19.4 Å². The van der Waals surface area contributed by atoms with Gasteiger partial charge in [0, 0.05) is 12.7 Å². The van der Waals surface area contributed by atoms with Gasteiger partial charge in [0.15, 0.2) is 0 Å². The van der Waals surface area contributed by atoms with Gasteiger partial charge in [-0.1, -0.05) is 11.6 Å². The van der Waals surface area contributed by atoms with Gasteiger partial charge < -0.3 is 10.6 Å². The maximum Gasteiger partial charge on any atom is 0.252 e. The van der Waals surface area contributed by atoms with E-state index in [0.717, 1.165) is 0 Å². The van der Waals surface area contributed by atoms with Gasteiger partial charge in [-0.15, -0.1) is 0 Å². The van der Waals surface area contributed by atoms with E-state index in [1.165, 1.54) is 13.1 Å². The molecular weight excluding hydrogens is 204 g/mol. The number of benzene rings is 1. The Morgan fingerprint density at radius 3 is 2.79 bits per heavy atom. The molecule has 74 valence electrons. The minimum absolute atomic E-state index is 0.287. The molecule has 0 aliphatic rings. The highest BCUT2D eigenvalue weighted by Crippen LogP contribution is 2.19. The van der Waals surface area contributed by atoms with Crippen LogP contribution in [0.3, 0.4) is 0 Å². The second kappa shape index (κ2) is 4.62. The van der Waals surface area contributed by atoms with Gasteiger partial charge in [-0.25, -0.2) is 0 Å². The van der Waals surface area contributed by atoms with E-state index < -0.39 is 0 Å². The van der Waals surface area contributed by atoms with Crippen molar-refractivity contribution in [1.29, 1.82) is 0 Å². The molecule has 2 N–H and O–H groups in total. The van der Waals surface area contributed by atoms with E-state index >= 15 is 0 Å². The lowest BCUT2D eigenvalue weighted by molar-refractivity contribution is -0.105. The molecule has 2 amide bonds. The molecule has 4 nitrogen and oxygen atoms in total. The van der Waals surface area contributed by atoms with Crippen molar-refractivity contribution in [3.05, 3.63) is 28.8 Å². The highest BCUT2D eigenvalue weighted by Gasteiger charge is 2.08. The van der Waals surface area contributed by atoms with Crippen molar-refractivity contribution in [3.8, 4) is 0 Å². The zero-order valence-corrected chi connectivity index (χ0v) is 8.26. The smallest absolute Gasteiger partial charge is 0.252 e. The second-order valence-electron chi connectivity index (χ2n) is 2.54. The quantitative estimate of drug-likeness (QED) is 0.742. The third-order valence-electron chi connectivity index (χ3n) is 1.66. The molecule has 0 aromatic heterocycles. The number of amides is 2. The van der Waals surface area contributed by atoms with E-state index in [2.05, 4.69) is 10.6 Å². The topological polar surface area (TPSA) is 58.2 Å². The van der Waals surface area contributed by atoms with Crippen molar-refractivity contribution < 1.29 is 9.59 Å². The molecule has 0 atom stereocenters. The summed E-state index contributed by atoms with van der Waals surface area (Å²) >= 11 is 5.79. The predicted molar refractivity (Wildman–Crippen MR) is 54.5 cm³/mol. The summed E-state index contributed by atoms with van der Waals surface area (Å²) in [5, 5.41) is 5.23. The van der Waals surface area contributed by atoms with Crippen LogP contribution in [0, 0.1) is 0 Å². The van der Waals surface area contributed by atoms with Crippen LogP contribution in [0.2, 0.25) is 5.02 Å². The third-order valence-corrected chi connectivity index (χ3v) is 1.99. The van der Waals surface area contributed by atoms with E-state index in [4.69, 9.17) is 11.6 Å². The van der Waals surface area contributed by atoms with Gasteiger partial charge in [-0.2, -0.15) is 0 Å². The van der Waals surface area contributed by atoms with Gasteiger partial charge in [0.25, 0.3) is 5.91 Å². The van der Waals surface area contributed by atoms with Gasteiger partial charge in [0.1, 0.15) is 0 Å². The molecule has 0 aliphatic heterocycles. The third kappa shape index (κ3) is 2.23. The minimum atomic E-state index is -0.287. The Morgan fingerprint density at radius 1 is 1.50 bits per heavy atom. The lowest BCUT2D eigenvalue weighted by Crippen LogP contribution is -2.18. The molecule has 0 saturated carbocycles. The largest absolute Gasteiger partial charge is 0.355 e. The van der Waals surface area contributed by atoms with Gasteiger partial charge in [-0.3, -0.25) is 9.59 Å². The number of carbonyl (C=O) groups is 2. The fraction of sp³-hybridized carbons (Fsp3) is 0.111. The highest BCUT2D eigenvalue weighted by atomic mass is 35.5. The highest BCUT2D eigenvalue weighted by molar-refractivity contribution is 6.34. The van der Waals surface area contributed by atoms with E-state index in [-0.39, 0.29) is 5.91 Å². The molecule has 0 unspecified atom stereocenters. The van der Waals surface area contributed by atoms with Crippen LogP contribution in [0.25, 0.3) is 0 Å². The van der Waals surface area contributed by atoms with Crippen LogP contribution < -0.4 is 10.6 Å². The average molecular weight is 213 g/mol. The van der Waals surface area contributed by atoms with Crippen molar-refractivity contribution in [2.75, 3.05) is 12.4 Å². The standard InChI is InChI=1S/C9H9ClN2O2/c1-11-9(14)7-4-6(12-5-13)2-3-8(7)10/h2-5H,1H3,(H,11,14)(H,12,13). The van der Waals surface area contributed by atoms with Gasteiger partial charge in [0.05, 0.1) is 10.6 Å². The van der Waals surface area contributed by atoms with E-state index in [9.17, 15) is 9.59 Å². The Morgan fingerprint density at radius 2 is 2.21 bits per heavy atom. The van der Waals surface area contributed by atoms with Crippen molar-refractivity contribution >= 4 is 29.6 Å². The lowest BCUT2D eigenvalue weighted by Gasteiger charge is -2.05. The number of hydrogen-bond donors (Lipinski definition) is 2. The monoisotopic (exact) mass is 212 g/mol. The minimum Gasteiger partial charge on any atom is -0.355 e. The first-order valence-electron chi connectivity index (χ1n) is 3.91. The molecule has 0 radical (unpaired) electrons. The summed E-state index contributed by atoms with van der Waals surface area (Å²) in [6.45, 7) is 0. The Balaban J connectivity index is 3.07. The molecule has 14 heavy (non-hydrogen) atoms. The molecule has 1 aromatic rings. The van der Waals surface area contributed by atoms with Gasteiger partial charge in [0.2, 0.25) is 6.41 Å². The van der Waals surface area contributed by atoms with Crippen molar-refractivity contribution in [3.63, 3.8) is 0 Å². The van der Waals surface area contributed by atoms with Crippen molar-refractivity contribution in [1.82, 2.24) is 5.32 Å². The number of halogens is 1. The average Bonchev–Trinajstić information content (AvgIpc) is 2.20.